The lowest BCUT2D eigenvalue weighted by molar-refractivity contribution is -0.164. The molecular weight excluding hydrogens is 426 g/mol. The number of hydrogen-bond acceptors (Lipinski definition) is 5. The highest BCUT2D eigenvalue weighted by Gasteiger charge is 2.64. The van der Waals surface area contributed by atoms with E-state index in [1.165, 1.54) is 0 Å². The van der Waals surface area contributed by atoms with Gasteiger partial charge in [-0.1, -0.05) is 39.3 Å². The van der Waals surface area contributed by atoms with Crippen LogP contribution in [0.3, 0.4) is 0 Å². The van der Waals surface area contributed by atoms with Gasteiger partial charge in [0.1, 0.15) is 23.6 Å². The first-order chi connectivity index (χ1) is 15.1. The summed E-state index contributed by atoms with van der Waals surface area (Å²) in [6.45, 7) is 10.3. The molecular formula is C24H30ClN5O2. The number of nitrogens with one attached hydrogen (secondary N) is 2. The van der Waals surface area contributed by atoms with Crippen LogP contribution in [0.4, 0.5) is 0 Å². The quantitative estimate of drug-likeness (QED) is 0.712. The van der Waals surface area contributed by atoms with Crippen LogP contribution in [-0.4, -0.2) is 40.9 Å². The van der Waals surface area contributed by atoms with Crippen molar-refractivity contribution in [2.24, 2.45) is 10.8 Å². The summed E-state index contributed by atoms with van der Waals surface area (Å²) in [5.41, 5.74) is 0.243. The van der Waals surface area contributed by atoms with E-state index in [-0.39, 0.29) is 28.9 Å². The summed E-state index contributed by atoms with van der Waals surface area (Å²) in [7, 11) is 0. The standard InChI is InChI=1S/C24H30ClN5O2/c1-23(2)21(24(3,4)22(23)32-17-6-5-15(14-26)18(25)13-17)28-20(31)19-9-12-30(29-19)16-7-10-27-11-8-16/h5-6,9,12-13,16,21-22,27H,7-8,10-11H2,1-4H3,(H,28,31)/t21-,22-. The Balaban J connectivity index is 1.44. The Labute approximate surface area is 194 Å². The van der Waals surface area contributed by atoms with Crippen molar-refractivity contribution in [3.63, 3.8) is 0 Å². The van der Waals surface area contributed by atoms with Crippen molar-refractivity contribution in [2.75, 3.05) is 13.1 Å². The second-order valence-corrected chi connectivity index (χ2v) is 10.4. The van der Waals surface area contributed by atoms with Gasteiger partial charge in [0.2, 0.25) is 0 Å². The Bertz CT molecular complexity index is 1030. The molecule has 2 aliphatic rings. The highest BCUT2D eigenvalue weighted by atomic mass is 35.5. The van der Waals surface area contributed by atoms with Gasteiger partial charge in [0.25, 0.3) is 5.91 Å². The molecule has 0 unspecified atom stereocenters. The number of amides is 1. The first-order valence-corrected chi connectivity index (χ1v) is 11.5. The van der Waals surface area contributed by atoms with Gasteiger partial charge in [-0.3, -0.25) is 9.48 Å². The number of carbonyl (C=O) groups is 1. The first kappa shape index (κ1) is 22.6. The van der Waals surface area contributed by atoms with Crippen molar-refractivity contribution in [2.45, 2.75) is 58.7 Å². The van der Waals surface area contributed by atoms with E-state index in [0.717, 1.165) is 25.9 Å². The maximum Gasteiger partial charge on any atom is 0.272 e. The summed E-state index contributed by atoms with van der Waals surface area (Å²) in [4.78, 5) is 13.0. The van der Waals surface area contributed by atoms with Crippen molar-refractivity contribution < 1.29 is 9.53 Å². The molecule has 0 radical (unpaired) electrons. The van der Waals surface area contributed by atoms with Gasteiger partial charge in [-0.05, 0) is 44.1 Å². The molecule has 170 valence electrons. The molecule has 1 saturated carbocycles. The van der Waals surface area contributed by atoms with Crippen molar-refractivity contribution >= 4 is 17.5 Å². The topological polar surface area (TPSA) is 92.0 Å². The maximum absolute atomic E-state index is 13.0. The first-order valence-electron chi connectivity index (χ1n) is 11.1. The number of nitrogens with zero attached hydrogens (tertiary/aromatic N) is 3. The fourth-order valence-corrected chi connectivity index (χ4v) is 5.75. The van der Waals surface area contributed by atoms with E-state index >= 15 is 0 Å². The third-order valence-electron chi connectivity index (χ3n) is 6.95. The highest BCUT2D eigenvalue weighted by molar-refractivity contribution is 6.31. The minimum absolute atomic E-state index is 0.0922. The zero-order chi connectivity index (χ0) is 23.1. The average Bonchev–Trinajstić information content (AvgIpc) is 3.26. The van der Waals surface area contributed by atoms with Crippen LogP contribution in [0.15, 0.2) is 30.5 Å². The summed E-state index contributed by atoms with van der Waals surface area (Å²) in [6, 6.07) is 9.19. The molecule has 2 fully saturated rings. The van der Waals surface area contributed by atoms with Gasteiger partial charge in [0.05, 0.1) is 16.6 Å². The predicted octanol–water partition coefficient (Wildman–Crippen LogP) is 3.94. The SMILES string of the molecule is CC1(C)[C@H](NC(=O)c2ccn(C3CCNCC3)n2)C(C)(C)[C@H]1Oc1ccc(C#N)c(Cl)c1. The van der Waals surface area contributed by atoms with Crippen LogP contribution in [-0.2, 0) is 0 Å². The lowest BCUT2D eigenvalue weighted by atomic mass is 9.49. The number of piperidine rings is 1. The number of hydrogen-bond donors (Lipinski definition) is 2. The zero-order valence-electron chi connectivity index (χ0n) is 19.0. The number of benzene rings is 1. The van der Waals surface area contributed by atoms with E-state index in [1.807, 2.05) is 10.9 Å². The number of carbonyl (C=O) groups excluding carboxylic acids is 1. The lowest BCUT2D eigenvalue weighted by Gasteiger charge is -2.63. The Morgan fingerprint density at radius 1 is 1.25 bits per heavy atom. The molecule has 1 aromatic heterocycles. The van der Waals surface area contributed by atoms with Gasteiger partial charge in [-0.2, -0.15) is 10.4 Å². The molecule has 1 amide bonds. The largest absolute Gasteiger partial charge is 0.489 e. The fraction of sp³-hybridized carbons (Fsp3) is 0.542. The number of aromatic nitrogens is 2. The van der Waals surface area contributed by atoms with Crippen LogP contribution in [0.25, 0.3) is 0 Å². The van der Waals surface area contributed by atoms with Gasteiger partial charge in [-0.15, -0.1) is 0 Å². The summed E-state index contributed by atoms with van der Waals surface area (Å²) in [5.74, 6) is 0.453. The molecule has 0 spiro atoms. The molecule has 1 aromatic carbocycles. The second kappa shape index (κ2) is 8.42. The predicted molar refractivity (Wildman–Crippen MR) is 123 cm³/mol. The summed E-state index contributed by atoms with van der Waals surface area (Å²) in [6.07, 6.45) is 3.80. The molecule has 7 nitrogen and oxygen atoms in total. The number of ether oxygens (including phenoxy) is 1. The Kier molecular flexibility index (Phi) is 5.95. The van der Waals surface area contributed by atoms with E-state index in [1.54, 1.807) is 24.3 Å². The highest BCUT2D eigenvalue weighted by Crippen LogP contribution is 2.55. The zero-order valence-corrected chi connectivity index (χ0v) is 19.7. The van der Waals surface area contributed by atoms with Gasteiger partial charge in [-0.25, -0.2) is 0 Å². The molecule has 0 bridgehead atoms. The van der Waals surface area contributed by atoms with Crippen LogP contribution in [0.1, 0.15) is 62.6 Å². The summed E-state index contributed by atoms with van der Waals surface area (Å²) >= 11 is 6.17. The Morgan fingerprint density at radius 2 is 1.94 bits per heavy atom. The Morgan fingerprint density at radius 3 is 2.56 bits per heavy atom. The van der Waals surface area contributed by atoms with Crippen molar-refractivity contribution in [1.29, 1.82) is 5.26 Å². The molecule has 1 aliphatic carbocycles. The normalized spacial score (nSPS) is 24.2. The third-order valence-corrected chi connectivity index (χ3v) is 7.27. The molecule has 4 rings (SSSR count). The van der Waals surface area contributed by atoms with E-state index < -0.39 is 0 Å². The van der Waals surface area contributed by atoms with Gasteiger partial charge in [0.15, 0.2) is 0 Å². The molecule has 1 aliphatic heterocycles. The third kappa shape index (κ3) is 3.98. The van der Waals surface area contributed by atoms with Crippen LogP contribution >= 0.6 is 11.6 Å². The number of nitriles is 1. The summed E-state index contributed by atoms with van der Waals surface area (Å²) < 4.78 is 8.22. The van der Waals surface area contributed by atoms with Crippen LogP contribution in [0, 0.1) is 22.2 Å². The monoisotopic (exact) mass is 455 g/mol. The van der Waals surface area contributed by atoms with Gasteiger partial charge < -0.3 is 15.4 Å². The van der Waals surface area contributed by atoms with Crippen LogP contribution in [0.2, 0.25) is 5.02 Å². The van der Waals surface area contributed by atoms with Crippen LogP contribution < -0.4 is 15.4 Å². The van der Waals surface area contributed by atoms with Crippen molar-refractivity contribution in [3.05, 3.63) is 46.7 Å². The molecule has 2 N–H and O–H groups in total. The second-order valence-electron chi connectivity index (χ2n) is 9.96. The maximum atomic E-state index is 13.0. The average molecular weight is 456 g/mol. The van der Waals surface area contributed by atoms with E-state index in [0.29, 0.717) is 28.1 Å². The van der Waals surface area contributed by atoms with Gasteiger partial charge in [0, 0.05) is 29.1 Å². The lowest BCUT2D eigenvalue weighted by Crippen LogP contribution is -2.74. The minimum atomic E-state index is -0.308. The van der Waals surface area contributed by atoms with Crippen molar-refractivity contribution in [3.8, 4) is 11.8 Å². The number of rotatable bonds is 5. The smallest absolute Gasteiger partial charge is 0.272 e. The fourth-order valence-electron chi connectivity index (χ4n) is 5.53. The minimum Gasteiger partial charge on any atom is -0.489 e. The molecule has 8 heteroatoms. The molecule has 0 atom stereocenters. The molecule has 32 heavy (non-hydrogen) atoms. The molecule has 2 aromatic rings. The molecule has 2 heterocycles. The van der Waals surface area contributed by atoms with Crippen LogP contribution in [0.5, 0.6) is 5.75 Å². The molecule has 1 saturated heterocycles. The number of halogens is 1. The van der Waals surface area contributed by atoms with E-state index in [2.05, 4.69) is 49.5 Å². The summed E-state index contributed by atoms with van der Waals surface area (Å²) in [5, 5.41) is 20.6. The van der Waals surface area contributed by atoms with E-state index in [9.17, 15) is 4.79 Å². The van der Waals surface area contributed by atoms with Crippen molar-refractivity contribution in [1.82, 2.24) is 20.4 Å². The Hall–Kier alpha value is -2.56. The van der Waals surface area contributed by atoms with Gasteiger partial charge >= 0.3 is 0 Å². The van der Waals surface area contributed by atoms with E-state index in [4.69, 9.17) is 21.6 Å².